The lowest BCUT2D eigenvalue weighted by Gasteiger charge is -2.22. The number of hydrogen-bond donors (Lipinski definition) is 0. The first-order chi connectivity index (χ1) is 27.8. The van der Waals surface area contributed by atoms with Crippen LogP contribution in [0.25, 0.3) is 88.0 Å². The number of fused-ring (bicyclic) bond motifs is 12. The van der Waals surface area contributed by atoms with E-state index in [2.05, 4.69) is 194 Å². The molecule has 10 aromatic rings. The molecule has 0 spiro atoms. The highest BCUT2D eigenvalue weighted by molar-refractivity contribution is 6.29. The zero-order valence-electron chi connectivity index (χ0n) is 30.4. The topological polar surface area (TPSA) is 24.7 Å². The van der Waals surface area contributed by atoms with E-state index in [0.717, 1.165) is 38.4 Å². The fourth-order valence-corrected chi connectivity index (χ4v) is 9.45. The van der Waals surface area contributed by atoms with Crippen LogP contribution in [0, 0.1) is 10.4 Å². The van der Waals surface area contributed by atoms with Gasteiger partial charge in [0.1, 0.15) is 0 Å². The molecule has 0 N–H and O–H groups in total. The van der Waals surface area contributed by atoms with Crippen LogP contribution < -0.4 is 10.7 Å². The number of benzene rings is 10. The summed E-state index contributed by atoms with van der Waals surface area (Å²) < 4.78 is 0. The van der Waals surface area contributed by atoms with E-state index in [4.69, 9.17) is 9.98 Å². The predicted octanol–water partition coefficient (Wildman–Crippen LogP) is 13.3. The minimum Gasteiger partial charge on any atom is -0.248 e. The molecule has 10 aromatic carbocycles. The van der Waals surface area contributed by atoms with E-state index in [-0.39, 0.29) is 0 Å². The van der Waals surface area contributed by atoms with Crippen molar-refractivity contribution < 1.29 is 0 Å². The summed E-state index contributed by atoms with van der Waals surface area (Å²) >= 11 is 0. The second-order valence-corrected chi connectivity index (χ2v) is 14.8. The Labute approximate surface area is 323 Å². The van der Waals surface area contributed by atoms with Crippen molar-refractivity contribution in [3.8, 4) is 55.6 Å². The van der Waals surface area contributed by atoms with Crippen LogP contribution in [0.4, 0.5) is 11.4 Å². The minimum atomic E-state index is 0.963. The van der Waals surface area contributed by atoms with E-state index in [0.29, 0.717) is 0 Å². The first-order valence-corrected chi connectivity index (χ1v) is 19.3. The minimum absolute atomic E-state index is 0.963. The van der Waals surface area contributed by atoms with Crippen LogP contribution in [-0.4, -0.2) is 0 Å². The van der Waals surface area contributed by atoms with E-state index in [1.807, 2.05) is 0 Å². The molecule has 0 aromatic heterocycles. The van der Waals surface area contributed by atoms with E-state index in [1.54, 1.807) is 0 Å². The molecule has 0 saturated carbocycles. The standard InChI is InChI=1S/C54H32N2/c1-2-15-33(16-3-1)34-17-4-5-18-35(34)37-20-9-11-25-43(37)51-45(44-27-14-26-42-39-21-7-6-19-36(39)38-22-8-10-24-41(38)50(42)44)29-31-48-52(51)53-49(55-48)32-30-46-40-23-12-13-28-47(40)56-54(46)53/h1-32H. The van der Waals surface area contributed by atoms with Crippen LogP contribution in [0.15, 0.2) is 204 Å². The van der Waals surface area contributed by atoms with Gasteiger partial charge in [-0.15, -0.1) is 0 Å². The maximum Gasteiger partial charge on any atom is 0.0817 e. The lowest BCUT2D eigenvalue weighted by atomic mass is 9.81. The number of rotatable bonds is 4. The highest BCUT2D eigenvalue weighted by Gasteiger charge is 2.29. The van der Waals surface area contributed by atoms with Gasteiger partial charge in [0.05, 0.1) is 22.1 Å². The van der Waals surface area contributed by atoms with Crippen LogP contribution in [-0.2, 0) is 0 Å². The van der Waals surface area contributed by atoms with Gasteiger partial charge in [0.25, 0.3) is 0 Å². The van der Waals surface area contributed by atoms with Gasteiger partial charge in [-0.2, -0.15) is 0 Å². The fraction of sp³-hybridized carbons (Fsp3) is 0. The van der Waals surface area contributed by atoms with Crippen LogP contribution in [0.2, 0.25) is 0 Å². The van der Waals surface area contributed by atoms with Gasteiger partial charge in [-0.05, 0) is 95.5 Å². The summed E-state index contributed by atoms with van der Waals surface area (Å²) in [6.07, 6.45) is 0. The molecule has 0 saturated heterocycles. The summed E-state index contributed by atoms with van der Waals surface area (Å²) in [5.74, 6) is 0. The zero-order chi connectivity index (χ0) is 36.7. The normalized spacial score (nSPS) is 12.2. The van der Waals surface area contributed by atoms with Gasteiger partial charge in [-0.25, -0.2) is 9.98 Å². The average molecular weight is 709 g/mol. The Bertz CT molecular complexity index is 3480. The van der Waals surface area contributed by atoms with Gasteiger partial charge >= 0.3 is 0 Å². The summed E-state index contributed by atoms with van der Waals surface area (Å²) in [5.41, 5.74) is 13.7. The summed E-state index contributed by atoms with van der Waals surface area (Å²) in [7, 11) is 0. The quantitative estimate of drug-likeness (QED) is 0.163. The average Bonchev–Trinajstić information content (AvgIpc) is 3.85. The van der Waals surface area contributed by atoms with Crippen LogP contribution in [0.1, 0.15) is 0 Å². The molecule has 0 aliphatic carbocycles. The lowest BCUT2D eigenvalue weighted by molar-refractivity contribution is 1.36. The largest absolute Gasteiger partial charge is 0.248 e. The summed E-state index contributed by atoms with van der Waals surface area (Å²) in [6.45, 7) is 0. The monoisotopic (exact) mass is 708 g/mol. The van der Waals surface area contributed by atoms with Gasteiger partial charge < -0.3 is 0 Å². The van der Waals surface area contributed by atoms with Crippen molar-refractivity contribution in [3.05, 3.63) is 215 Å². The van der Waals surface area contributed by atoms with Crippen LogP contribution >= 0.6 is 0 Å². The third-order valence-corrected chi connectivity index (χ3v) is 11.8. The van der Waals surface area contributed by atoms with Gasteiger partial charge in [-0.3, -0.25) is 0 Å². The van der Waals surface area contributed by atoms with Crippen molar-refractivity contribution in [2.24, 2.45) is 9.98 Å². The molecule has 0 radical (unpaired) electrons. The van der Waals surface area contributed by atoms with Gasteiger partial charge in [0.15, 0.2) is 0 Å². The Morgan fingerprint density at radius 1 is 0.268 bits per heavy atom. The molecule has 12 rings (SSSR count). The lowest BCUT2D eigenvalue weighted by Crippen LogP contribution is -2.02. The molecule has 2 nitrogen and oxygen atoms in total. The Kier molecular flexibility index (Phi) is 6.66. The summed E-state index contributed by atoms with van der Waals surface area (Å²) in [4.78, 5) is 10.7. The smallest absolute Gasteiger partial charge is 0.0817 e. The predicted molar refractivity (Wildman–Crippen MR) is 232 cm³/mol. The fourth-order valence-electron chi connectivity index (χ4n) is 9.45. The molecule has 258 valence electrons. The van der Waals surface area contributed by atoms with E-state index in [9.17, 15) is 0 Å². The van der Waals surface area contributed by atoms with E-state index >= 15 is 0 Å². The molecule has 0 atom stereocenters. The summed E-state index contributed by atoms with van der Waals surface area (Å²) in [5, 5.41) is 11.9. The Balaban J connectivity index is 1.24. The van der Waals surface area contributed by atoms with Crippen LogP contribution in [0.5, 0.6) is 0 Å². The van der Waals surface area contributed by atoms with Crippen molar-refractivity contribution in [2.45, 2.75) is 0 Å². The number of para-hydroxylation sites is 1. The van der Waals surface area contributed by atoms with E-state index < -0.39 is 0 Å². The summed E-state index contributed by atoms with van der Waals surface area (Å²) in [6, 6.07) is 70.5. The van der Waals surface area contributed by atoms with Crippen molar-refractivity contribution >= 4 is 43.7 Å². The van der Waals surface area contributed by atoms with Crippen molar-refractivity contribution in [1.29, 1.82) is 0 Å². The number of hydrogen-bond acceptors (Lipinski definition) is 2. The Hall–Kier alpha value is -7.42. The zero-order valence-corrected chi connectivity index (χ0v) is 30.4. The first-order valence-electron chi connectivity index (χ1n) is 19.3. The second kappa shape index (κ2) is 12.0. The first kappa shape index (κ1) is 31.0. The van der Waals surface area contributed by atoms with Crippen molar-refractivity contribution in [1.82, 2.24) is 0 Å². The molecule has 2 heteroatoms. The van der Waals surface area contributed by atoms with Crippen molar-refractivity contribution in [2.75, 3.05) is 0 Å². The Morgan fingerprint density at radius 3 is 1.61 bits per heavy atom. The number of nitrogens with zero attached hydrogens (tertiary/aromatic N) is 2. The molecule has 0 fully saturated rings. The third-order valence-electron chi connectivity index (χ3n) is 11.8. The third kappa shape index (κ3) is 4.44. The molecule has 56 heavy (non-hydrogen) atoms. The molecule has 0 unspecified atom stereocenters. The highest BCUT2D eigenvalue weighted by Crippen LogP contribution is 2.53. The molecule has 2 aliphatic rings. The van der Waals surface area contributed by atoms with Gasteiger partial charge in [0, 0.05) is 27.1 Å². The van der Waals surface area contributed by atoms with Crippen molar-refractivity contribution in [3.63, 3.8) is 0 Å². The molecule has 2 aliphatic heterocycles. The maximum atomic E-state index is 5.34. The molecular weight excluding hydrogens is 677 g/mol. The molecule has 0 bridgehead atoms. The van der Waals surface area contributed by atoms with Gasteiger partial charge in [-0.1, -0.05) is 170 Å². The SMILES string of the molecule is c1ccc(-c2ccccc2-c2ccccc2-c2c(-c3cccc4c5ccccc5c5ccccc5c34)ccc3c2-c2c4c(ccc2=N3)=c2ccccc2=N4)cc1. The maximum absolute atomic E-state index is 5.34. The molecule has 0 amide bonds. The molecular formula is C54H32N2. The highest BCUT2D eigenvalue weighted by atomic mass is 14.8. The second-order valence-electron chi connectivity index (χ2n) is 14.8. The van der Waals surface area contributed by atoms with Crippen LogP contribution in [0.3, 0.4) is 0 Å². The molecule has 2 heterocycles. The van der Waals surface area contributed by atoms with Gasteiger partial charge in [0.2, 0.25) is 0 Å². The van der Waals surface area contributed by atoms with E-state index in [1.165, 1.54) is 82.0 Å². The Morgan fingerprint density at radius 2 is 0.839 bits per heavy atom.